The summed E-state index contributed by atoms with van der Waals surface area (Å²) in [5, 5.41) is 0. The topological polar surface area (TPSA) is 24.9 Å². The first-order chi connectivity index (χ1) is 7.31. The molecule has 0 aliphatic carbocycles. The molecule has 7 heteroatoms. The molecule has 0 N–H and O–H groups in total. The minimum absolute atomic E-state index is 0.0913. The number of rotatable bonds is 4. The van der Waals surface area contributed by atoms with Crippen LogP contribution in [0.5, 0.6) is 0 Å². The lowest BCUT2D eigenvalue weighted by molar-refractivity contribution is -0.0586. The van der Waals surface area contributed by atoms with Crippen LogP contribution in [0.25, 0.3) is 0 Å². The number of morpholine rings is 1. The third-order valence-electron chi connectivity index (χ3n) is 2.56. The average Bonchev–Trinajstić information content (AvgIpc) is 2.13. The Morgan fingerprint density at radius 3 is 2.75 bits per heavy atom. The molecule has 0 bridgehead atoms. The SMILES string of the molecule is BC1CN(C)CC(COP(=C)(Cl)N(C)C)O1. The molecule has 0 aromatic carbocycles. The van der Waals surface area contributed by atoms with Gasteiger partial charge in [-0.3, -0.25) is 4.67 Å². The van der Waals surface area contributed by atoms with Crippen LogP contribution in [0, 0.1) is 0 Å². The van der Waals surface area contributed by atoms with Crippen molar-refractivity contribution in [2.24, 2.45) is 0 Å². The number of nitrogens with zero attached hydrogens (tertiary/aromatic N) is 2. The van der Waals surface area contributed by atoms with E-state index in [-0.39, 0.29) is 12.1 Å². The van der Waals surface area contributed by atoms with E-state index in [0.29, 0.717) is 6.61 Å². The predicted octanol–water partition coefficient (Wildman–Crippen LogP) is 0.288. The highest BCUT2D eigenvalue weighted by molar-refractivity contribution is 7.91. The third-order valence-corrected chi connectivity index (χ3v) is 5.50. The first kappa shape index (κ1) is 14.6. The van der Waals surface area contributed by atoms with Crippen molar-refractivity contribution in [3.63, 3.8) is 0 Å². The van der Waals surface area contributed by atoms with Crippen molar-refractivity contribution < 1.29 is 9.26 Å². The zero-order chi connectivity index (χ0) is 12.3. The fourth-order valence-electron chi connectivity index (χ4n) is 1.68. The van der Waals surface area contributed by atoms with Crippen LogP contribution in [0.2, 0.25) is 0 Å². The van der Waals surface area contributed by atoms with Gasteiger partial charge in [-0.15, -0.1) is 0 Å². The Kier molecular flexibility index (Phi) is 5.37. The van der Waals surface area contributed by atoms with Crippen LogP contribution < -0.4 is 0 Å². The highest BCUT2D eigenvalue weighted by atomic mass is 35.7. The molecule has 16 heavy (non-hydrogen) atoms. The number of likely N-dealkylation sites (N-methyl/N-ethyl adjacent to an activating group) is 1. The molecule has 0 spiro atoms. The standard InChI is InChI=1S/C9H21BClN2O2P/c1-12(2)16(4,11)14-7-8-5-13(3)6-9(10)15-8/h8-9H,4-7,10H2,1-3H3. The van der Waals surface area contributed by atoms with E-state index < -0.39 is 6.62 Å². The Labute approximate surface area is 104 Å². The number of hydrogen-bond donors (Lipinski definition) is 0. The molecule has 94 valence electrons. The summed E-state index contributed by atoms with van der Waals surface area (Å²) >= 11 is 6.20. The van der Waals surface area contributed by atoms with Crippen molar-refractivity contribution >= 4 is 32.0 Å². The first-order valence-corrected chi connectivity index (χ1v) is 8.15. The van der Waals surface area contributed by atoms with Gasteiger partial charge in [-0.1, -0.05) is 11.2 Å². The van der Waals surface area contributed by atoms with Crippen LogP contribution in [-0.2, 0) is 9.26 Å². The third kappa shape index (κ3) is 4.40. The van der Waals surface area contributed by atoms with Crippen LogP contribution in [0.15, 0.2) is 0 Å². The lowest BCUT2D eigenvalue weighted by Crippen LogP contribution is -2.47. The molecule has 0 saturated carbocycles. The fourth-order valence-corrected chi connectivity index (χ4v) is 2.48. The van der Waals surface area contributed by atoms with Gasteiger partial charge in [-0.05, 0) is 27.4 Å². The summed E-state index contributed by atoms with van der Waals surface area (Å²) in [7, 11) is 7.92. The molecule has 3 unspecified atom stereocenters. The molecule has 1 heterocycles. The van der Waals surface area contributed by atoms with Crippen LogP contribution in [-0.4, -0.2) is 76.7 Å². The summed E-state index contributed by atoms with van der Waals surface area (Å²) in [6, 6.07) is 0.250. The second-order valence-corrected chi connectivity index (χ2v) is 8.42. The summed E-state index contributed by atoms with van der Waals surface area (Å²) in [6.45, 7) is 0.196. The molecule has 1 rings (SSSR count). The Hall–Kier alpha value is 0.495. The van der Waals surface area contributed by atoms with Gasteiger partial charge >= 0.3 is 0 Å². The molecule has 3 atom stereocenters. The molecule has 1 aliphatic heterocycles. The Morgan fingerprint density at radius 1 is 1.62 bits per heavy atom. The van der Waals surface area contributed by atoms with E-state index in [1.807, 2.05) is 18.8 Å². The van der Waals surface area contributed by atoms with Crippen molar-refractivity contribution in [1.29, 1.82) is 0 Å². The Balaban J connectivity index is 2.40. The predicted molar refractivity (Wildman–Crippen MR) is 74.2 cm³/mol. The summed E-state index contributed by atoms with van der Waals surface area (Å²) in [6.07, 6.45) is 3.99. The van der Waals surface area contributed by atoms with Gasteiger partial charge in [0, 0.05) is 19.1 Å². The van der Waals surface area contributed by atoms with Crippen molar-refractivity contribution in [1.82, 2.24) is 9.57 Å². The van der Waals surface area contributed by atoms with E-state index in [0.717, 1.165) is 13.1 Å². The van der Waals surface area contributed by atoms with Gasteiger partial charge < -0.3 is 14.2 Å². The van der Waals surface area contributed by atoms with Gasteiger partial charge in [0.2, 0.25) is 0 Å². The molecule has 0 radical (unpaired) electrons. The Bertz CT molecular complexity index is 270. The minimum Gasteiger partial charge on any atom is -0.379 e. The maximum atomic E-state index is 6.20. The molecular formula is C9H21BClN2O2P. The van der Waals surface area contributed by atoms with E-state index >= 15 is 0 Å². The highest BCUT2D eigenvalue weighted by Gasteiger charge is 2.25. The number of ether oxygens (including phenoxy) is 1. The molecule has 0 aromatic heterocycles. The monoisotopic (exact) mass is 266 g/mol. The summed E-state index contributed by atoms with van der Waals surface area (Å²) in [5.41, 5.74) is 0. The van der Waals surface area contributed by atoms with Crippen LogP contribution >= 0.6 is 17.9 Å². The van der Waals surface area contributed by atoms with Crippen molar-refractivity contribution in [2.45, 2.75) is 12.1 Å². The largest absolute Gasteiger partial charge is 0.379 e. The Morgan fingerprint density at radius 2 is 2.25 bits per heavy atom. The molecule has 1 saturated heterocycles. The van der Waals surface area contributed by atoms with E-state index in [4.69, 9.17) is 20.5 Å². The van der Waals surface area contributed by atoms with Gasteiger partial charge in [-0.25, -0.2) is 0 Å². The van der Waals surface area contributed by atoms with Crippen molar-refractivity contribution in [2.75, 3.05) is 40.8 Å². The van der Waals surface area contributed by atoms with Crippen LogP contribution in [0.1, 0.15) is 0 Å². The summed E-state index contributed by atoms with van der Waals surface area (Å²) in [5.74, 6) is 0. The quantitative estimate of drug-likeness (QED) is 0.539. The number of halogens is 1. The van der Waals surface area contributed by atoms with E-state index in [9.17, 15) is 0 Å². The normalized spacial score (nSPS) is 31.6. The fraction of sp³-hybridized carbons (Fsp3) is 0.889. The maximum Gasteiger partial charge on any atom is 0.150 e. The maximum absolute atomic E-state index is 6.20. The average molecular weight is 267 g/mol. The lowest BCUT2D eigenvalue weighted by Gasteiger charge is -2.35. The van der Waals surface area contributed by atoms with E-state index in [1.54, 1.807) is 0 Å². The zero-order valence-electron chi connectivity index (χ0n) is 10.5. The zero-order valence-corrected chi connectivity index (χ0v) is 12.2. The second kappa shape index (κ2) is 5.90. The molecule has 0 aromatic rings. The molecule has 4 nitrogen and oxygen atoms in total. The molecule has 0 amide bonds. The number of hydrogen-bond acceptors (Lipinski definition) is 4. The minimum atomic E-state index is -2.16. The smallest absolute Gasteiger partial charge is 0.150 e. The van der Waals surface area contributed by atoms with Gasteiger partial charge in [0.25, 0.3) is 0 Å². The van der Waals surface area contributed by atoms with Gasteiger partial charge in [-0.2, -0.15) is 0 Å². The van der Waals surface area contributed by atoms with Crippen molar-refractivity contribution in [3.8, 4) is 0 Å². The molecule has 1 aliphatic rings. The van der Waals surface area contributed by atoms with Crippen LogP contribution in [0.4, 0.5) is 0 Å². The molecule has 1 fully saturated rings. The van der Waals surface area contributed by atoms with E-state index in [1.165, 1.54) is 0 Å². The first-order valence-electron chi connectivity index (χ1n) is 5.40. The summed E-state index contributed by atoms with van der Waals surface area (Å²) in [4.78, 5) is 2.25. The molecular weight excluding hydrogens is 245 g/mol. The second-order valence-electron chi connectivity index (χ2n) is 4.55. The summed E-state index contributed by atoms with van der Waals surface area (Å²) < 4.78 is 13.3. The van der Waals surface area contributed by atoms with Crippen molar-refractivity contribution in [3.05, 3.63) is 0 Å². The van der Waals surface area contributed by atoms with Crippen LogP contribution in [0.3, 0.4) is 0 Å². The van der Waals surface area contributed by atoms with Gasteiger partial charge in [0.1, 0.15) is 14.5 Å². The van der Waals surface area contributed by atoms with E-state index in [2.05, 4.69) is 26.1 Å². The van der Waals surface area contributed by atoms with Gasteiger partial charge in [0.15, 0.2) is 0 Å². The van der Waals surface area contributed by atoms with Gasteiger partial charge in [0.05, 0.1) is 12.7 Å². The highest BCUT2D eigenvalue weighted by Crippen LogP contribution is 2.53. The lowest BCUT2D eigenvalue weighted by atomic mass is 9.98.